The number of amides is 1. The fourth-order valence-electron chi connectivity index (χ4n) is 1.42. The van der Waals surface area contributed by atoms with Gasteiger partial charge in [-0.05, 0) is 38.5 Å². The van der Waals surface area contributed by atoms with Crippen LogP contribution >= 0.6 is 0 Å². The first kappa shape index (κ1) is 11.7. The lowest BCUT2D eigenvalue weighted by Gasteiger charge is -2.18. The first-order valence-electron chi connectivity index (χ1n) is 5.15. The lowest BCUT2D eigenvalue weighted by atomic mass is 10.1. The first-order valence-corrected chi connectivity index (χ1v) is 5.15. The molecule has 0 unspecified atom stereocenters. The van der Waals surface area contributed by atoms with Crippen LogP contribution < -0.4 is 0 Å². The van der Waals surface area contributed by atoms with Gasteiger partial charge in [0.15, 0.2) is 0 Å². The van der Waals surface area contributed by atoms with Crippen LogP contribution in [0.15, 0.2) is 18.2 Å². The van der Waals surface area contributed by atoms with Gasteiger partial charge < -0.3 is 4.90 Å². The average molecular weight is 208 g/mol. The largest absolute Gasteiger partial charge is 0.339 e. The minimum Gasteiger partial charge on any atom is -0.339 e. The zero-order valence-electron chi connectivity index (χ0n) is 9.38. The molecule has 0 spiro atoms. The third kappa shape index (κ3) is 2.55. The molecule has 0 saturated heterocycles. The topological polar surface area (TPSA) is 20.3 Å². The molecule has 0 fully saturated rings. The van der Waals surface area contributed by atoms with Gasteiger partial charge in [0.25, 0.3) is 5.91 Å². The molecule has 1 amide bonds. The monoisotopic (exact) mass is 208 g/mol. The summed E-state index contributed by atoms with van der Waals surface area (Å²) < 4.78 is 13.2. The molecule has 0 aliphatic heterocycles. The minimum atomic E-state index is -0.326. The Morgan fingerprint density at radius 3 is 2.40 bits per heavy atom. The van der Waals surface area contributed by atoms with Crippen LogP contribution in [0.5, 0.6) is 0 Å². The second-order valence-electron chi connectivity index (χ2n) is 3.44. The summed E-state index contributed by atoms with van der Waals surface area (Å²) in [5, 5.41) is 0. The molecule has 0 heterocycles. The van der Waals surface area contributed by atoms with Crippen LogP contribution in [-0.2, 0) is 0 Å². The van der Waals surface area contributed by atoms with Gasteiger partial charge in [0.2, 0.25) is 0 Å². The Morgan fingerprint density at radius 1 is 1.33 bits per heavy atom. The molecule has 3 heteroatoms. The molecule has 0 aromatic heterocycles. The highest BCUT2D eigenvalue weighted by molar-refractivity contribution is 5.94. The molecule has 0 aliphatic rings. The van der Waals surface area contributed by atoms with Crippen LogP contribution in [0.4, 0.5) is 4.39 Å². The molecular weight excluding hydrogens is 192 g/mol. The Morgan fingerprint density at radius 2 is 1.93 bits per heavy atom. The van der Waals surface area contributed by atoms with Gasteiger partial charge in [-0.15, -0.1) is 0 Å². The summed E-state index contributed by atoms with van der Waals surface area (Å²) in [6.07, 6.45) is 0. The molecule has 1 aromatic carbocycles. The number of carbonyl (C=O) groups is 1. The zero-order chi connectivity index (χ0) is 11.4. The number of hydrogen-bond donors (Lipinski definition) is 0. The number of carbonyl (C=O) groups excluding carboxylic acids is 1. The number of nitrogens with zero attached hydrogens (tertiary/aromatic N) is 1. The maximum Gasteiger partial charge on any atom is 0.253 e. The average Bonchev–Trinajstić information content (AvgIpc) is 2.23. The number of benzene rings is 1. The summed E-state index contributed by atoms with van der Waals surface area (Å²) >= 11 is 0. The standard InChI is InChI=1S/C12H16FNO/c1-4-14(5-2)12(15)10-7-6-9(3)11(13)8-10/h6-8H,4-5H2,1-3H3/i13-1. The lowest BCUT2D eigenvalue weighted by Crippen LogP contribution is -2.30. The SMILES string of the molecule is CCN(CC)C(=O)c1ccc(C)c([18F])c1. The van der Waals surface area contributed by atoms with Crippen LogP contribution in [-0.4, -0.2) is 23.9 Å². The van der Waals surface area contributed by atoms with Crippen molar-refractivity contribution in [3.63, 3.8) is 0 Å². The summed E-state index contributed by atoms with van der Waals surface area (Å²) in [7, 11) is 0. The third-order valence-electron chi connectivity index (χ3n) is 2.47. The van der Waals surface area contributed by atoms with Crippen molar-refractivity contribution in [2.24, 2.45) is 0 Å². The fourth-order valence-corrected chi connectivity index (χ4v) is 1.42. The van der Waals surface area contributed by atoms with E-state index < -0.39 is 0 Å². The van der Waals surface area contributed by atoms with E-state index in [9.17, 15) is 9.18 Å². The summed E-state index contributed by atoms with van der Waals surface area (Å²) in [5.74, 6) is -0.438. The quantitative estimate of drug-likeness (QED) is 0.747. The highest BCUT2D eigenvalue weighted by Crippen LogP contribution is 2.11. The maximum absolute atomic E-state index is 13.2. The van der Waals surface area contributed by atoms with Crippen LogP contribution in [0.2, 0.25) is 0 Å². The van der Waals surface area contributed by atoms with Crippen LogP contribution in [0.25, 0.3) is 0 Å². The number of hydrogen-bond acceptors (Lipinski definition) is 1. The molecule has 0 bridgehead atoms. The van der Waals surface area contributed by atoms with Crippen LogP contribution in [0.3, 0.4) is 0 Å². The van der Waals surface area contributed by atoms with Crippen molar-refractivity contribution in [1.29, 1.82) is 0 Å². The molecular formula is C12H16FNO. The van der Waals surface area contributed by atoms with E-state index in [1.165, 1.54) is 6.07 Å². The second kappa shape index (κ2) is 4.91. The normalized spacial score (nSPS) is 10.1. The van der Waals surface area contributed by atoms with Crippen molar-refractivity contribution in [3.05, 3.63) is 35.1 Å². The molecule has 0 atom stereocenters. The number of aryl methyl sites for hydroxylation is 1. The summed E-state index contributed by atoms with van der Waals surface area (Å²) in [5.41, 5.74) is 0.980. The Kier molecular flexibility index (Phi) is 3.83. The van der Waals surface area contributed by atoms with E-state index >= 15 is 0 Å². The van der Waals surface area contributed by atoms with Gasteiger partial charge >= 0.3 is 0 Å². The van der Waals surface area contributed by atoms with Crippen molar-refractivity contribution in [2.75, 3.05) is 13.1 Å². The molecule has 15 heavy (non-hydrogen) atoms. The summed E-state index contributed by atoms with van der Waals surface area (Å²) in [4.78, 5) is 13.5. The molecule has 82 valence electrons. The Bertz CT molecular complexity index is 359. The minimum absolute atomic E-state index is 0.112. The van der Waals surface area contributed by atoms with E-state index in [2.05, 4.69) is 0 Å². The van der Waals surface area contributed by atoms with E-state index in [0.717, 1.165) is 0 Å². The van der Waals surface area contributed by atoms with Gasteiger partial charge in [-0.3, -0.25) is 4.79 Å². The van der Waals surface area contributed by atoms with Gasteiger partial charge in [0.1, 0.15) is 5.82 Å². The number of halogens is 1. The molecule has 0 saturated carbocycles. The van der Waals surface area contributed by atoms with Crippen LogP contribution in [0.1, 0.15) is 29.8 Å². The van der Waals surface area contributed by atoms with Gasteiger partial charge in [-0.2, -0.15) is 0 Å². The van der Waals surface area contributed by atoms with E-state index in [1.54, 1.807) is 24.0 Å². The molecule has 2 nitrogen and oxygen atoms in total. The van der Waals surface area contributed by atoms with Crippen LogP contribution in [0, 0.1) is 12.7 Å². The Labute approximate surface area is 89.7 Å². The first-order chi connectivity index (χ1) is 7.10. The highest BCUT2D eigenvalue weighted by atomic mass is 18.2. The predicted octanol–water partition coefficient (Wildman–Crippen LogP) is 2.62. The fraction of sp³-hybridized carbons (Fsp3) is 0.417. The van der Waals surface area contributed by atoms with Crippen molar-refractivity contribution >= 4 is 5.91 Å². The highest BCUT2D eigenvalue weighted by Gasteiger charge is 2.13. The Hall–Kier alpha value is -1.38. The van der Waals surface area contributed by atoms with Gasteiger partial charge in [-0.25, -0.2) is 4.39 Å². The van der Waals surface area contributed by atoms with Crippen molar-refractivity contribution in [3.8, 4) is 0 Å². The van der Waals surface area contributed by atoms with E-state index in [4.69, 9.17) is 0 Å². The molecule has 1 aromatic rings. The molecule has 0 radical (unpaired) electrons. The smallest absolute Gasteiger partial charge is 0.253 e. The lowest BCUT2D eigenvalue weighted by molar-refractivity contribution is 0.0772. The summed E-state index contributed by atoms with van der Waals surface area (Å²) in [6, 6.07) is 4.60. The van der Waals surface area contributed by atoms with E-state index in [0.29, 0.717) is 24.2 Å². The number of rotatable bonds is 3. The predicted molar refractivity (Wildman–Crippen MR) is 58.4 cm³/mol. The maximum atomic E-state index is 13.2. The van der Waals surface area contributed by atoms with E-state index in [-0.39, 0.29) is 11.7 Å². The van der Waals surface area contributed by atoms with Crippen molar-refractivity contribution < 1.29 is 9.18 Å². The molecule has 0 N–H and O–H groups in total. The van der Waals surface area contributed by atoms with Gasteiger partial charge in [0, 0.05) is 18.7 Å². The Balaban J connectivity index is 2.96. The van der Waals surface area contributed by atoms with Crippen molar-refractivity contribution in [2.45, 2.75) is 20.8 Å². The second-order valence-corrected chi connectivity index (χ2v) is 3.44. The zero-order valence-corrected chi connectivity index (χ0v) is 9.38. The van der Waals surface area contributed by atoms with Crippen molar-refractivity contribution in [1.82, 2.24) is 4.90 Å². The third-order valence-corrected chi connectivity index (χ3v) is 2.47. The van der Waals surface area contributed by atoms with Gasteiger partial charge in [0.05, 0.1) is 0 Å². The summed E-state index contributed by atoms with van der Waals surface area (Å²) in [6.45, 7) is 6.79. The molecule has 0 aliphatic carbocycles. The van der Waals surface area contributed by atoms with Gasteiger partial charge in [-0.1, -0.05) is 6.07 Å². The molecule has 1 rings (SSSR count). The van der Waals surface area contributed by atoms with E-state index in [1.807, 2.05) is 13.8 Å².